The quantitative estimate of drug-likeness (QED) is 0.849. The normalized spacial score (nSPS) is 12.6. The van der Waals surface area contributed by atoms with Crippen molar-refractivity contribution >= 4 is 17.6 Å². The van der Waals surface area contributed by atoms with Crippen LogP contribution >= 0.6 is 11.6 Å². The van der Waals surface area contributed by atoms with Crippen molar-refractivity contribution in [2.75, 3.05) is 7.11 Å². The van der Waals surface area contributed by atoms with Crippen LogP contribution in [0.15, 0.2) is 35.9 Å². The number of aliphatic carboxylic acids is 1. The van der Waals surface area contributed by atoms with E-state index < -0.39 is 11.9 Å². The average molecular weight is 255 g/mol. The Morgan fingerprint density at radius 1 is 1.47 bits per heavy atom. The summed E-state index contributed by atoms with van der Waals surface area (Å²) in [5.41, 5.74) is 2.32. The summed E-state index contributed by atoms with van der Waals surface area (Å²) in [6, 6.07) is 7.40. The summed E-state index contributed by atoms with van der Waals surface area (Å²) in [6.07, 6.45) is 2.58. The second-order valence-corrected chi connectivity index (χ2v) is 3.94. The van der Waals surface area contributed by atoms with E-state index in [1.807, 2.05) is 24.3 Å². The smallest absolute Gasteiger partial charge is 0.307 e. The number of allylic oxidation sites excluding steroid dienone is 1. The van der Waals surface area contributed by atoms with Crippen molar-refractivity contribution in [1.29, 1.82) is 0 Å². The molecule has 0 spiro atoms. The van der Waals surface area contributed by atoms with Crippen LogP contribution < -0.4 is 4.74 Å². The maximum Gasteiger partial charge on any atom is 0.307 e. The molecule has 1 aromatic rings. The lowest BCUT2D eigenvalue weighted by Gasteiger charge is -2.10. The van der Waals surface area contributed by atoms with Gasteiger partial charge in [-0.25, -0.2) is 0 Å². The number of benzene rings is 1. The topological polar surface area (TPSA) is 46.5 Å². The third-order valence-corrected chi connectivity index (χ3v) is 2.68. The summed E-state index contributed by atoms with van der Waals surface area (Å²) in [6.45, 7) is 0. The Morgan fingerprint density at radius 2 is 2.12 bits per heavy atom. The third-order valence-electron chi connectivity index (χ3n) is 2.50. The van der Waals surface area contributed by atoms with Gasteiger partial charge >= 0.3 is 5.97 Å². The van der Waals surface area contributed by atoms with Gasteiger partial charge in [0.1, 0.15) is 5.75 Å². The van der Waals surface area contributed by atoms with Crippen molar-refractivity contribution in [2.24, 2.45) is 5.92 Å². The van der Waals surface area contributed by atoms with Gasteiger partial charge in [-0.05, 0) is 30.5 Å². The molecule has 0 radical (unpaired) electrons. The molecule has 1 atom stereocenters. The predicted octanol–water partition coefficient (Wildman–Crippen LogP) is 3.08. The number of carboxylic acids is 1. The van der Waals surface area contributed by atoms with Crippen molar-refractivity contribution < 1.29 is 14.6 Å². The van der Waals surface area contributed by atoms with Crippen molar-refractivity contribution in [3.05, 3.63) is 41.4 Å². The standard InChI is InChI=1S/C13H15ClO3/c1-17-12-6-4-10(5-7-12)9-11(13(15)16)3-2-8-14/h2,4-8,11H,3,9H2,1H3,(H,15,16)/b8-2+. The fourth-order valence-electron chi connectivity index (χ4n) is 1.53. The zero-order valence-corrected chi connectivity index (χ0v) is 10.4. The largest absolute Gasteiger partial charge is 0.497 e. The summed E-state index contributed by atoms with van der Waals surface area (Å²) in [5.74, 6) is -0.491. The number of hydrogen-bond donors (Lipinski definition) is 1. The molecular formula is C13H15ClO3. The van der Waals surface area contributed by atoms with Crippen molar-refractivity contribution in [2.45, 2.75) is 12.8 Å². The van der Waals surface area contributed by atoms with E-state index in [9.17, 15) is 4.79 Å². The molecule has 0 fully saturated rings. The van der Waals surface area contributed by atoms with Gasteiger partial charge < -0.3 is 9.84 Å². The Hall–Kier alpha value is -1.48. The lowest BCUT2D eigenvalue weighted by atomic mass is 9.96. The molecule has 0 aliphatic carbocycles. The van der Waals surface area contributed by atoms with E-state index >= 15 is 0 Å². The van der Waals surface area contributed by atoms with E-state index in [-0.39, 0.29) is 0 Å². The lowest BCUT2D eigenvalue weighted by Crippen LogP contribution is -2.15. The summed E-state index contributed by atoms with van der Waals surface area (Å²) < 4.78 is 5.04. The van der Waals surface area contributed by atoms with Crippen molar-refractivity contribution in [3.63, 3.8) is 0 Å². The molecule has 0 heterocycles. The van der Waals surface area contributed by atoms with Crippen LogP contribution in [0.1, 0.15) is 12.0 Å². The average Bonchev–Trinajstić information content (AvgIpc) is 2.35. The molecule has 1 rings (SSSR count). The van der Waals surface area contributed by atoms with Gasteiger partial charge in [0, 0.05) is 5.54 Å². The fourth-order valence-corrected chi connectivity index (χ4v) is 1.64. The second-order valence-electron chi connectivity index (χ2n) is 3.68. The zero-order chi connectivity index (χ0) is 12.7. The maximum atomic E-state index is 11.0. The molecule has 1 aromatic carbocycles. The fraction of sp³-hybridized carbons (Fsp3) is 0.308. The van der Waals surface area contributed by atoms with Crippen LogP contribution in [0.2, 0.25) is 0 Å². The molecule has 92 valence electrons. The Morgan fingerprint density at radius 3 is 2.59 bits per heavy atom. The summed E-state index contributed by atoms with van der Waals surface area (Å²) in [5, 5.41) is 9.06. The van der Waals surface area contributed by atoms with Crippen LogP contribution in [0.4, 0.5) is 0 Å². The van der Waals surface area contributed by atoms with Gasteiger partial charge in [0.2, 0.25) is 0 Å². The number of rotatable bonds is 6. The molecule has 0 aromatic heterocycles. The highest BCUT2D eigenvalue weighted by Gasteiger charge is 2.16. The summed E-state index contributed by atoms with van der Waals surface area (Å²) in [7, 11) is 1.60. The number of hydrogen-bond acceptors (Lipinski definition) is 2. The van der Waals surface area contributed by atoms with Crippen LogP contribution in [-0.2, 0) is 11.2 Å². The van der Waals surface area contributed by atoms with Gasteiger partial charge in [-0.3, -0.25) is 4.79 Å². The molecule has 0 saturated carbocycles. The Bertz CT molecular complexity index is 384. The van der Waals surface area contributed by atoms with E-state index in [1.165, 1.54) is 5.54 Å². The summed E-state index contributed by atoms with van der Waals surface area (Å²) in [4.78, 5) is 11.0. The molecule has 0 aliphatic heterocycles. The van der Waals surface area contributed by atoms with Crippen molar-refractivity contribution in [1.82, 2.24) is 0 Å². The molecule has 1 unspecified atom stereocenters. The van der Waals surface area contributed by atoms with Gasteiger partial charge in [-0.15, -0.1) is 0 Å². The molecule has 0 aliphatic rings. The van der Waals surface area contributed by atoms with Gasteiger partial charge in [0.05, 0.1) is 13.0 Å². The molecule has 0 saturated heterocycles. The number of halogens is 1. The minimum absolute atomic E-state index is 0.435. The first kappa shape index (κ1) is 13.6. The maximum absolute atomic E-state index is 11.0. The molecule has 17 heavy (non-hydrogen) atoms. The van der Waals surface area contributed by atoms with Crippen LogP contribution in [0.25, 0.3) is 0 Å². The van der Waals surface area contributed by atoms with Gasteiger partial charge in [-0.1, -0.05) is 29.8 Å². The molecular weight excluding hydrogens is 240 g/mol. The first-order chi connectivity index (χ1) is 8.17. The highest BCUT2D eigenvalue weighted by atomic mass is 35.5. The van der Waals surface area contributed by atoms with Crippen LogP contribution in [0.3, 0.4) is 0 Å². The van der Waals surface area contributed by atoms with Gasteiger partial charge in [0.25, 0.3) is 0 Å². The second kappa shape index (κ2) is 6.97. The summed E-state index contributed by atoms with van der Waals surface area (Å²) >= 11 is 5.40. The van der Waals surface area contributed by atoms with Gasteiger partial charge in [-0.2, -0.15) is 0 Å². The molecule has 3 nitrogen and oxygen atoms in total. The predicted molar refractivity (Wildman–Crippen MR) is 67.4 cm³/mol. The van der Waals surface area contributed by atoms with E-state index in [1.54, 1.807) is 13.2 Å². The van der Waals surface area contributed by atoms with E-state index in [2.05, 4.69) is 0 Å². The minimum Gasteiger partial charge on any atom is -0.497 e. The number of methoxy groups -OCH3 is 1. The molecule has 4 heteroatoms. The first-order valence-electron chi connectivity index (χ1n) is 5.28. The number of carboxylic acid groups (broad SMARTS) is 1. The van der Waals surface area contributed by atoms with E-state index in [0.29, 0.717) is 12.8 Å². The monoisotopic (exact) mass is 254 g/mol. The molecule has 0 amide bonds. The number of carbonyl (C=O) groups is 1. The van der Waals surface area contributed by atoms with E-state index in [0.717, 1.165) is 11.3 Å². The van der Waals surface area contributed by atoms with E-state index in [4.69, 9.17) is 21.4 Å². The third kappa shape index (κ3) is 4.49. The molecule has 0 bridgehead atoms. The Labute approximate surface area is 106 Å². The Kier molecular flexibility index (Phi) is 5.57. The highest BCUT2D eigenvalue weighted by molar-refractivity contribution is 6.25. The lowest BCUT2D eigenvalue weighted by molar-refractivity contribution is -0.141. The minimum atomic E-state index is -0.810. The van der Waals surface area contributed by atoms with Crippen LogP contribution in [0.5, 0.6) is 5.75 Å². The highest BCUT2D eigenvalue weighted by Crippen LogP contribution is 2.17. The Balaban J connectivity index is 2.68. The zero-order valence-electron chi connectivity index (χ0n) is 9.60. The van der Waals surface area contributed by atoms with Crippen LogP contribution in [-0.4, -0.2) is 18.2 Å². The van der Waals surface area contributed by atoms with Gasteiger partial charge in [0.15, 0.2) is 0 Å². The first-order valence-corrected chi connectivity index (χ1v) is 5.72. The van der Waals surface area contributed by atoms with Crippen LogP contribution in [0, 0.1) is 5.92 Å². The number of ether oxygens (including phenoxy) is 1. The van der Waals surface area contributed by atoms with Crippen molar-refractivity contribution in [3.8, 4) is 5.75 Å². The SMILES string of the molecule is COc1ccc(CC(C/C=C/Cl)C(=O)O)cc1. The molecule has 1 N–H and O–H groups in total.